The molecule has 0 N–H and O–H groups in total. The summed E-state index contributed by atoms with van der Waals surface area (Å²) in [6, 6.07) is 7.86. The highest BCUT2D eigenvalue weighted by Gasteiger charge is 2.11. The molecule has 2 rings (SSSR count). The van der Waals surface area contributed by atoms with Gasteiger partial charge in [0.25, 0.3) is 0 Å². The Labute approximate surface area is 98.3 Å². The molecule has 2 aromatic heterocycles. The molecule has 3 nitrogen and oxygen atoms in total. The molecule has 2 aromatic rings. The van der Waals surface area contributed by atoms with E-state index in [1.165, 1.54) is 18.4 Å². The Morgan fingerprint density at radius 2 is 1.81 bits per heavy atom. The van der Waals surface area contributed by atoms with Crippen LogP contribution in [0.25, 0.3) is 5.00 Å². The molecule has 16 heavy (non-hydrogen) atoms. The number of hydrogen-bond donors (Lipinski definition) is 0. The highest BCUT2D eigenvalue weighted by atomic mass is 32.1. The van der Waals surface area contributed by atoms with E-state index in [-0.39, 0.29) is 5.97 Å². The third-order valence-electron chi connectivity index (χ3n) is 2.47. The van der Waals surface area contributed by atoms with Gasteiger partial charge >= 0.3 is 5.97 Å². The molecule has 84 valence electrons. The number of thiophene rings is 1. The summed E-state index contributed by atoms with van der Waals surface area (Å²) in [6.07, 6.45) is 0. The summed E-state index contributed by atoms with van der Waals surface area (Å²) in [5.74, 6) is -0.279. The minimum absolute atomic E-state index is 0.279. The predicted octanol–water partition coefficient (Wildman–Crippen LogP) is 2.94. The number of methoxy groups -OCH3 is 1. The summed E-state index contributed by atoms with van der Waals surface area (Å²) in [5.41, 5.74) is 2.33. The fourth-order valence-electron chi connectivity index (χ4n) is 1.67. The molecule has 0 saturated heterocycles. The number of esters is 1. The molecule has 0 aliphatic heterocycles. The molecule has 0 spiro atoms. The van der Waals surface area contributed by atoms with Crippen LogP contribution >= 0.6 is 11.3 Å². The standard InChI is InChI=1S/C12H13NO2S/c1-8-4-5-9(2)13(8)11-7-6-10(16-11)12(14)15-3/h4-7H,1-3H3. The number of aromatic nitrogens is 1. The van der Waals surface area contributed by atoms with Crippen molar-refractivity contribution in [3.63, 3.8) is 0 Å². The SMILES string of the molecule is COC(=O)c1ccc(-n2c(C)ccc2C)s1. The van der Waals surface area contributed by atoms with Gasteiger partial charge in [-0.05, 0) is 38.1 Å². The van der Waals surface area contributed by atoms with Crippen LogP contribution in [0.1, 0.15) is 21.1 Å². The topological polar surface area (TPSA) is 31.2 Å². The van der Waals surface area contributed by atoms with Crippen molar-refractivity contribution in [1.29, 1.82) is 0 Å². The Kier molecular flexibility index (Phi) is 2.83. The summed E-state index contributed by atoms with van der Waals surface area (Å²) in [4.78, 5) is 12.0. The van der Waals surface area contributed by atoms with Crippen molar-refractivity contribution in [2.75, 3.05) is 7.11 Å². The van der Waals surface area contributed by atoms with Crippen LogP contribution < -0.4 is 0 Å². The monoisotopic (exact) mass is 235 g/mol. The molecule has 0 amide bonds. The Morgan fingerprint density at radius 1 is 1.19 bits per heavy atom. The first kappa shape index (κ1) is 11.0. The lowest BCUT2D eigenvalue weighted by Gasteiger charge is -2.05. The summed E-state index contributed by atoms with van der Waals surface area (Å²) in [5, 5.41) is 1.04. The van der Waals surface area contributed by atoms with Crippen molar-refractivity contribution >= 4 is 17.3 Å². The molecule has 0 unspecified atom stereocenters. The van der Waals surface area contributed by atoms with E-state index in [0.717, 1.165) is 16.4 Å². The van der Waals surface area contributed by atoms with Crippen LogP contribution in [0.15, 0.2) is 24.3 Å². The minimum Gasteiger partial charge on any atom is -0.465 e. The van der Waals surface area contributed by atoms with Crippen LogP contribution in [0.3, 0.4) is 0 Å². The van der Waals surface area contributed by atoms with Gasteiger partial charge in [-0.25, -0.2) is 4.79 Å². The first-order valence-electron chi connectivity index (χ1n) is 4.97. The highest BCUT2D eigenvalue weighted by Crippen LogP contribution is 2.24. The smallest absolute Gasteiger partial charge is 0.348 e. The zero-order valence-corrected chi connectivity index (χ0v) is 10.3. The average molecular weight is 235 g/mol. The Bertz CT molecular complexity index is 505. The van der Waals surface area contributed by atoms with Gasteiger partial charge in [0.05, 0.1) is 7.11 Å². The minimum atomic E-state index is -0.279. The number of rotatable bonds is 2. The van der Waals surface area contributed by atoms with Crippen molar-refractivity contribution in [1.82, 2.24) is 4.57 Å². The lowest BCUT2D eigenvalue weighted by atomic mass is 10.4. The number of nitrogens with zero attached hydrogens (tertiary/aromatic N) is 1. The molecule has 0 aliphatic rings. The average Bonchev–Trinajstić information content (AvgIpc) is 2.85. The van der Waals surface area contributed by atoms with Crippen molar-refractivity contribution < 1.29 is 9.53 Å². The Morgan fingerprint density at radius 3 is 2.38 bits per heavy atom. The lowest BCUT2D eigenvalue weighted by Crippen LogP contribution is -1.97. The van der Waals surface area contributed by atoms with Crippen molar-refractivity contribution in [3.8, 4) is 5.00 Å². The van der Waals surface area contributed by atoms with E-state index >= 15 is 0 Å². The summed E-state index contributed by atoms with van der Waals surface area (Å²) in [6.45, 7) is 4.09. The van der Waals surface area contributed by atoms with E-state index in [1.54, 1.807) is 6.07 Å². The van der Waals surface area contributed by atoms with Crippen LogP contribution in [-0.2, 0) is 4.74 Å². The lowest BCUT2D eigenvalue weighted by molar-refractivity contribution is 0.0606. The van der Waals surface area contributed by atoms with Crippen LogP contribution in [0, 0.1) is 13.8 Å². The second-order valence-corrected chi connectivity index (χ2v) is 4.64. The molecule has 0 fully saturated rings. The maximum atomic E-state index is 11.3. The third kappa shape index (κ3) is 1.76. The first-order chi connectivity index (χ1) is 7.63. The molecular weight excluding hydrogens is 222 g/mol. The zero-order chi connectivity index (χ0) is 11.7. The largest absolute Gasteiger partial charge is 0.465 e. The normalized spacial score (nSPS) is 10.4. The van der Waals surface area contributed by atoms with Crippen LogP contribution in [-0.4, -0.2) is 17.6 Å². The fourth-order valence-corrected chi connectivity index (χ4v) is 2.72. The van der Waals surface area contributed by atoms with Gasteiger partial charge in [-0.15, -0.1) is 11.3 Å². The molecule has 2 heterocycles. The van der Waals surface area contributed by atoms with Gasteiger partial charge in [0.1, 0.15) is 9.88 Å². The second kappa shape index (κ2) is 4.14. The van der Waals surface area contributed by atoms with Crippen LogP contribution in [0.2, 0.25) is 0 Å². The van der Waals surface area contributed by atoms with Gasteiger partial charge in [0, 0.05) is 11.4 Å². The molecule has 0 saturated carbocycles. The van der Waals surface area contributed by atoms with E-state index in [1.807, 2.05) is 19.9 Å². The number of hydrogen-bond acceptors (Lipinski definition) is 3. The second-order valence-electron chi connectivity index (χ2n) is 3.58. The van der Waals surface area contributed by atoms with Crippen LogP contribution in [0.4, 0.5) is 0 Å². The first-order valence-corrected chi connectivity index (χ1v) is 5.78. The number of carbonyl (C=O) groups is 1. The quantitative estimate of drug-likeness (QED) is 0.749. The van der Waals surface area contributed by atoms with Gasteiger partial charge in [0.15, 0.2) is 0 Å². The van der Waals surface area contributed by atoms with E-state index in [4.69, 9.17) is 0 Å². The maximum Gasteiger partial charge on any atom is 0.348 e. The molecule has 0 aliphatic carbocycles. The predicted molar refractivity (Wildman–Crippen MR) is 64.5 cm³/mol. The van der Waals surface area contributed by atoms with Gasteiger partial charge in [-0.1, -0.05) is 0 Å². The fraction of sp³-hybridized carbons (Fsp3) is 0.250. The molecule has 0 atom stereocenters. The van der Waals surface area contributed by atoms with Gasteiger partial charge < -0.3 is 9.30 Å². The van der Waals surface area contributed by atoms with E-state index in [2.05, 4.69) is 21.4 Å². The van der Waals surface area contributed by atoms with E-state index < -0.39 is 0 Å². The zero-order valence-electron chi connectivity index (χ0n) is 9.48. The van der Waals surface area contributed by atoms with Crippen molar-refractivity contribution in [2.24, 2.45) is 0 Å². The highest BCUT2D eigenvalue weighted by molar-refractivity contribution is 7.16. The van der Waals surface area contributed by atoms with Crippen molar-refractivity contribution in [3.05, 3.63) is 40.5 Å². The number of aryl methyl sites for hydroxylation is 2. The summed E-state index contributed by atoms with van der Waals surface area (Å²) >= 11 is 1.44. The Balaban J connectivity index is 2.43. The van der Waals surface area contributed by atoms with E-state index in [9.17, 15) is 4.79 Å². The molecule has 0 bridgehead atoms. The van der Waals surface area contributed by atoms with E-state index in [0.29, 0.717) is 4.88 Å². The summed E-state index contributed by atoms with van der Waals surface area (Å²) in [7, 11) is 1.40. The van der Waals surface area contributed by atoms with Crippen molar-refractivity contribution in [2.45, 2.75) is 13.8 Å². The number of carbonyl (C=O) groups excluding carboxylic acids is 1. The maximum absolute atomic E-state index is 11.3. The van der Waals surface area contributed by atoms with Crippen LogP contribution in [0.5, 0.6) is 0 Å². The molecular formula is C12H13NO2S. The number of ether oxygens (including phenoxy) is 1. The Hall–Kier alpha value is -1.55. The molecule has 0 aromatic carbocycles. The van der Waals surface area contributed by atoms with Gasteiger partial charge in [-0.3, -0.25) is 0 Å². The molecule has 0 radical (unpaired) electrons. The third-order valence-corrected chi connectivity index (χ3v) is 3.52. The van der Waals surface area contributed by atoms with Gasteiger partial charge in [-0.2, -0.15) is 0 Å². The molecule has 4 heteroatoms. The van der Waals surface area contributed by atoms with Gasteiger partial charge in [0.2, 0.25) is 0 Å². The summed E-state index contributed by atoms with van der Waals surface area (Å²) < 4.78 is 6.81.